The molecule has 3 saturated carbocycles. The lowest BCUT2D eigenvalue weighted by atomic mass is 9.44. The lowest BCUT2D eigenvalue weighted by Crippen LogP contribution is -2.54. The predicted molar refractivity (Wildman–Crippen MR) is 92.4 cm³/mol. The summed E-state index contributed by atoms with van der Waals surface area (Å²) in [5.74, 6) is 2.37. The normalized spacial score (nSPS) is 51.2. The molecule has 4 aliphatic carbocycles. The van der Waals surface area contributed by atoms with Gasteiger partial charge < -0.3 is 5.11 Å². The first-order chi connectivity index (χ1) is 11.2. The Balaban J connectivity index is 1.79. The van der Waals surface area contributed by atoms with Gasteiger partial charge in [0, 0.05) is 17.8 Å². The second-order valence-corrected chi connectivity index (χ2v) is 9.60. The summed E-state index contributed by atoms with van der Waals surface area (Å²) in [4.78, 5) is 24.8. The van der Waals surface area contributed by atoms with Gasteiger partial charge >= 0.3 is 0 Å². The van der Waals surface area contributed by atoms with Crippen LogP contribution in [0.25, 0.3) is 0 Å². The molecule has 0 bridgehead atoms. The number of ketones is 2. The van der Waals surface area contributed by atoms with Gasteiger partial charge in [-0.25, -0.2) is 0 Å². The van der Waals surface area contributed by atoms with Crippen molar-refractivity contribution in [3.05, 3.63) is 11.3 Å². The van der Waals surface area contributed by atoms with Crippen LogP contribution in [0.4, 0.5) is 0 Å². The third-order valence-corrected chi connectivity index (χ3v) is 8.43. The first kappa shape index (κ1) is 16.4. The summed E-state index contributed by atoms with van der Waals surface area (Å²) in [6.45, 7) is 8.72. The number of hydrogen-bond acceptors (Lipinski definition) is 3. The molecular weight excluding hydrogens is 300 g/mol. The Morgan fingerprint density at radius 3 is 2.42 bits per heavy atom. The lowest BCUT2D eigenvalue weighted by Gasteiger charge is -2.59. The fraction of sp³-hybridized carbons (Fsp3) is 0.810. The molecule has 0 spiro atoms. The van der Waals surface area contributed by atoms with Crippen LogP contribution in [0.15, 0.2) is 11.3 Å². The average Bonchev–Trinajstić information content (AvgIpc) is 2.83. The van der Waals surface area contributed by atoms with Gasteiger partial charge in [0.2, 0.25) is 0 Å². The number of aliphatic hydroxyl groups excluding tert-OH is 1. The van der Waals surface area contributed by atoms with Crippen LogP contribution in [-0.4, -0.2) is 16.7 Å². The van der Waals surface area contributed by atoms with Gasteiger partial charge in [0.1, 0.15) is 5.78 Å². The summed E-state index contributed by atoms with van der Waals surface area (Å²) in [5, 5.41) is 10.6. The predicted octanol–water partition coefficient (Wildman–Crippen LogP) is 4.47. The Bertz CT molecular complexity index is 647. The van der Waals surface area contributed by atoms with E-state index in [4.69, 9.17) is 0 Å². The molecule has 0 aromatic carbocycles. The third kappa shape index (κ3) is 1.84. The standard InChI is InChI=1S/C21H30O3/c1-11-9-15-19(24)18(23)12(2)10-21(15,4)14-7-8-20(3)13(17(11)14)5-6-16(20)22/h11-14,17,24H,5-10H2,1-4H3/t11?,12?,13-,14-,17-,20-,21+/m0/s1. The highest BCUT2D eigenvalue weighted by Gasteiger charge is 2.61. The number of rotatable bonds is 0. The molecular formula is C21H30O3. The topological polar surface area (TPSA) is 54.4 Å². The van der Waals surface area contributed by atoms with Crippen molar-refractivity contribution in [2.24, 2.45) is 40.4 Å². The molecule has 24 heavy (non-hydrogen) atoms. The summed E-state index contributed by atoms with van der Waals surface area (Å²) in [5.41, 5.74) is 0.833. The van der Waals surface area contributed by atoms with Gasteiger partial charge in [-0.1, -0.05) is 27.7 Å². The molecule has 0 amide bonds. The van der Waals surface area contributed by atoms with Crippen LogP contribution in [0.2, 0.25) is 0 Å². The zero-order valence-electron chi connectivity index (χ0n) is 15.4. The van der Waals surface area contributed by atoms with E-state index in [-0.39, 0.29) is 28.3 Å². The minimum atomic E-state index is -0.120. The van der Waals surface area contributed by atoms with Crippen LogP contribution >= 0.6 is 0 Å². The number of aliphatic hydroxyl groups is 1. The maximum absolute atomic E-state index is 12.5. The Kier molecular flexibility index (Phi) is 3.38. The number of carbonyl (C=O) groups excluding carboxylic acids is 2. The van der Waals surface area contributed by atoms with Crippen molar-refractivity contribution in [2.75, 3.05) is 0 Å². The summed E-state index contributed by atoms with van der Waals surface area (Å²) in [6.07, 6.45) is 5.50. The monoisotopic (exact) mass is 330 g/mol. The van der Waals surface area contributed by atoms with Crippen molar-refractivity contribution in [3.8, 4) is 0 Å². The SMILES string of the molecule is CC1C[C@@]2(C)C(=C(O)C1=O)CC(C)[C@@H]1[C@@H]2CC[C@]2(C)C(=O)CC[C@@H]12. The summed E-state index contributed by atoms with van der Waals surface area (Å²) >= 11 is 0. The molecule has 0 aliphatic heterocycles. The van der Waals surface area contributed by atoms with E-state index in [9.17, 15) is 14.7 Å². The first-order valence-electron chi connectivity index (χ1n) is 9.70. The number of Topliss-reactive ketones (excluding diaryl/α,β-unsaturated/α-hetero) is 2. The van der Waals surface area contributed by atoms with Crippen LogP contribution in [0.5, 0.6) is 0 Å². The highest BCUT2D eigenvalue weighted by Crippen LogP contribution is 2.66. The zero-order valence-corrected chi connectivity index (χ0v) is 15.4. The second-order valence-electron chi connectivity index (χ2n) is 9.60. The van der Waals surface area contributed by atoms with Gasteiger partial charge in [0.25, 0.3) is 0 Å². The van der Waals surface area contributed by atoms with E-state index in [2.05, 4.69) is 20.8 Å². The van der Waals surface area contributed by atoms with E-state index in [1.165, 1.54) is 0 Å². The highest BCUT2D eigenvalue weighted by molar-refractivity contribution is 5.96. The fourth-order valence-electron chi connectivity index (χ4n) is 7.17. The number of fused-ring (bicyclic) bond motifs is 5. The van der Waals surface area contributed by atoms with Crippen molar-refractivity contribution in [1.82, 2.24) is 0 Å². The number of carbonyl (C=O) groups is 2. The molecule has 0 saturated heterocycles. The summed E-state index contributed by atoms with van der Waals surface area (Å²) < 4.78 is 0. The van der Waals surface area contributed by atoms with Crippen LogP contribution in [-0.2, 0) is 9.59 Å². The van der Waals surface area contributed by atoms with E-state index in [1.54, 1.807) is 0 Å². The van der Waals surface area contributed by atoms with E-state index in [1.807, 2.05) is 6.92 Å². The molecule has 1 N–H and O–H groups in total. The maximum Gasteiger partial charge on any atom is 0.199 e. The molecule has 7 atom stereocenters. The molecule has 4 rings (SSSR count). The summed E-state index contributed by atoms with van der Waals surface area (Å²) in [7, 11) is 0. The maximum atomic E-state index is 12.5. The van der Waals surface area contributed by atoms with Crippen molar-refractivity contribution >= 4 is 11.6 Å². The van der Waals surface area contributed by atoms with Gasteiger partial charge in [0.15, 0.2) is 11.5 Å². The molecule has 3 fully saturated rings. The second kappa shape index (κ2) is 4.95. The van der Waals surface area contributed by atoms with Crippen LogP contribution in [0, 0.1) is 40.4 Å². The quantitative estimate of drug-likeness (QED) is 0.713. The molecule has 2 unspecified atom stereocenters. The van der Waals surface area contributed by atoms with Crippen molar-refractivity contribution in [3.63, 3.8) is 0 Å². The number of hydrogen-bond donors (Lipinski definition) is 1. The van der Waals surface area contributed by atoms with E-state index in [0.717, 1.165) is 44.1 Å². The Labute approximate surface area is 144 Å². The fourth-order valence-corrected chi connectivity index (χ4v) is 7.17. The van der Waals surface area contributed by atoms with Gasteiger partial charge in [-0.3, -0.25) is 9.59 Å². The van der Waals surface area contributed by atoms with Gasteiger partial charge in [-0.2, -0.15) is 0 Å². The zero-order chi connectivity index (χ0) is 17.4. The minimum absolute atomic E-state index is 0.0650. The Morgan fingerprint density at radius 2 is 1.71 bits per heavy atom. The third-order valence-electron chi connectivity index (χ3n) is 8.43. The Hall–Kier alpha value is -1.12. The summed E-state index contributed by atoms with van der Waals surface area (Å²) in [6, 6.07) is 0. The molecule has 3 nitrogen and oxygen atoms in total. The molecule has 4 aliphatic rings. The minimum Gasteiger partial charge on any atom is -0.504 e. The molecule has 3 heteroatoms. The van der Waals surface area contributed by atoms with Crippen molar-refractivity contribution < 1.29 is 14.7 Å². The van der Waals surface area contributed by atoms with E-state index in [0.29, 0.717) is 29.5 Å². The van der Waals surface area contributed by atoms with Crippen LogP contribution in [0.3, 0.4) is 0 Å². The first-order valence-corrected chi connectivity index (χ1v) is 9.70. The van der Waals surface area contributed by atoms with Crippen molar-refractivity contribution in [1.29, 1.82) is 0 Å². The van der Waals surface area contributed by atoms with E-state index >= 15 is 0 Å². The van der Waals surface area contributed by atoms with Gasteiger partial charge in [0.05, 0.1) is 0 Å². The van der Waals surface area contributed by atoms with Crippen molar-refractivity contribution in [2.45, 2.75) is 66.2 Å². The smallest absolute Gasteiger partial charge is 0.199 e. The molecule has 0 radical (unpaired) electrons. The van der Waals surface area contributed by atoms with Crippen LogP contribution in [0.1, 0.15) is 66.2 Å². The van der Waals surface area contributed by atoms with Gasteiger partial charge in [-0.15, -0.1) is 0 Å². The molecule has 0 aromatic heterocycles. The van der Waals surface area contributed by atoms with Gasteiger partial charge in [-0.05, 0) is 66.8 Å². The lowest BCUT2D eigenvalue weighted by molar-refractivity contribution is -0.136. The Morgan fingerprint density at radius 1 is 1.04 bits per heavy atom. The largest absolute Gasteiger partial charge is 0.504 e. The van der Waals surface area contributed by atoms with Crippen LogP contribution < -0.4 is 0 Å². The highest BCUT2D eigenvalue weighted by atomic mass is 16.3. The molecule has 132 valence electrons. The molecule has 0 aromatic rings. The number of allylic oxidation sites excluding steroid dienone is 1. The molecule has 0 heterocycles. The average molecular weight is 330 g/mol. The van der Waals surface area contributed by atoms with E-state index < -0.39 is 0 Å².